The zero-order chi connectivity index (χ0) is 21.0. The van der Waals surface area contributed by atoms with Gasteiger partial charge in [0.05, 0.1) is 11.4 Å². The highest BCUT2D eigenvalue weighted by atomic mass is 32.2. The van der Waals surface area contributed by atoms with Crippen molar-refractivity contribution in [3.8, 4) is 0 Å². The lowest BCUT2D eigenvalue weighted by Crippen LogP contribution is -2.52. The molecule has 1 amide bonds. The molecule has 1 aromatic carbocycles. The molecule has 1 aliphatic carbocycles. The molecule has 1 aromatic rings. The van der Waals surface area contributed by atoms with Crippen molar-refractivity contribution in [1.29, 1.82) is 0 Å². The highest BCUT2D eigenvalue weighted by Gasteiger charge is 2.36. The number of sulfonamides is 1. The van der Waals surface area contributed by atoms with Crippen LogP contribution in [0, 0.1) is 20.8 Å². The Kier molecular flexibility index (Phi) is 7.35. The molecule has 1 saturated heterocycles. The summed E-state index contributed by atoms with van der Waals surface area (Å²) in [6.07, 6.45) is 5.97. The van der Waals surface area contributed by atoms with Gasteiger partial charge in [-0.3, -0.25) is 4.79 Å². The smallest absolute Gasteiger partial charge is 0.244 e. The number of hydrogen-bond donors (Lipinski definition) is 1. The van der Waals surface area contributed by atoms with Gasteiger partial charge in [-0.2, -0.15) is 4.31 Å². The Hall–Kier alpha value is -1.44. The number of piperazine rings is 1. The van der Waals surface area contributed by atoms with Crippen molar-refractivity contribution in [2.24, 2.45) is 0 Å². The summed E-state index contributed by atoms with van der Waals surface area (Å²) in [5.41, 5.74) is 2.57. The third-order valence-corrected chi connectivity index (χ3v) is 8.37. The van der Waals surface area contributed by atoms with Crippen molar-refractivity contribution in [2.45, 2.75) is 70.2 Å². The van der Waals surface area contributed by atoms with E-state index in [1.807, 2.05) is 32.9 Å². The monoisotopic (exact) mass is 421 g/mol. The Morgan fingerprint density at radius 2 is 1.59 bits per heavy atom. The van der Waals surface area contributed by atoms with E-state index >= 15 is 0 Å². The maximum Gasteiger partial charge on any atom is 0.244 e. The standard InChI is InChI=1S/C22H35N3O3S/c1-17-14-18(2)22(19(3)15-17)29(27,28)25(20-8-6-4-5-7-9-20)16-21(26)24-12-10-23-11-13-24/h14-15,20,23H,4-13,16H2,1-3H3. The van der Waals surface area contributed by atoms with Crippen LogP contribution in [0.2, 0.25) is 0 Å². The van der Waals surface area contributed by atoms with Gasteiger partial charge in [-0.05, 0) is 44.7 Å². The molecule has 2 fully saturated rings. The molecule has 7 heteroatoms. The topological polar surface area (TPSA) is 69.7 Å². The largest absolute Gasteiger partial charge is 0.339 e. The van der Waals surface area contributed by atoms with Gasteiger partial charge in [-0.1, -0.05) is 43.4 Å². The minimum absolute atomic E-state index is 0.0558. The first-order chi connectivity index (χ1) is 13.8. The van der Waals surface area contributed by atoms with Gasteiger partial charge in [0.25, 0.3) is 0 Å². The number of amides is 1. The van der Waals surface area contributed by atoms with Gasteiger partial charge in [0.2, 0.25) is 15.9 Å². The molecule has 0 radical (unpaired) electrons. The van der Waals surface area contributed by atoms with Crippen molar-refractivity contribution >= 4 is 15.9 Å². The summed E-state index contributed by atoms with van der Waals surface area (Å²) in [7, 11) is -3.76. The Balaban J connectivity index is 1.96. The van der Waals surface area contributed by atoms with Crippen LogP contribution in [0.3, 0.4) is 0 Å². The Labute approximate surface area is 175 Å². The van der Waals surface area contributed by atoms with Crippen molar-refractivity contribution in [3.63, 3.8) is 0 Å². The van der Waals surface area contributed by atoms with Gasteiger partial charge >= 0.3 is 0 Å². The van der Waals surface area contributed by atoms with Crippen LogP contribution in [0.15, 0.2) is 17.0 Å². The molecular weight excluding hydrogens is 386 g/mol. The summed E-state index contributed by atoms with van der Waals surface area (Å²) in [6.45, 7) is 8.44. The number of hydrogen-bond acceptors (Lipinski definition) is 4. The summed E-state index contributed by atoms with van der Waals surface area (Å²) < 4.78 is 29.3. The number of carbonyl (C=O) groups excluding carboxylic acids is 1. The molecule has 0 atom stereocenters. The molecule has 1 heterocycles. The maximum atomic E-state index is 13.9. The van der Waals surface area contributed by atoms with E-state index in [4.69, 9.17) is 0 Å². The predicted molar refractivity (Wildman–Crippen MR) is 115 cm³/mol. The van der Waals surface area contributed by atoms with E-state index in [1.165, 1.54) is 4.31 Å². The van der Waals surface area contributed by atoms with Crippen LogP contribution < -0.4 is 5.32 Å². The van der Waals surface area contributed by atoms with Crippen LogP contribution in [0.1, 0.15) is 55.2 Å². The average molecular weight is 422 g/mol. The van der Waals surface area contributed by atoms with Crippen molar-refractivity contribution in [3.05, 3.63) is 28.8 Å². The lowest BCUT2D eigenvalue weighted by Gasteiger charge is -2.34. The summed E-state index contributed by atoms with van der Waals surface area (Å²) in [5.74, 6) is -0.0817. The molecule has 1 saturated carbocycles. The molecule has 162 valence electrons. The zero-order valence-electron chi connectivity index (χ0n) is 18.0. The normalized spacial score (nSPS) is 19.4. The number of benzene rings is 1. The van der Waals surface area contributed by atoms with E-state index in [9.17, 15) is 13.2 Å². The molecule has 1 aliphatic heterocycles. The first-order valence-electron chi connectivity index (χ1n) is 10.9. The number of aryl methyl sites for hydroxylation is 3. The van der Waals surface area contributed by atoms with Gasteiger partial charge in [-0.15, -0.1) is 0 Å². The van der Waals surface area contributed by atoms with Crippen LogP contribution in [-0.4, -0.2) is 62.3 Å². The summed E-state index contributed by atoms with van der Waals surface area (Å²) in [5, 5.41) is 3.25. The Morgan fingerprint density at radius 3 is 2.14 bits per heavy atom. The van der Waals surface area contributed by atoms with Gasteiger partial charge in [-0.25, -0.2) is 8.42 Å². The van der Waals surface area contributed by atoms with E-state index in [2.05, 4.69) is 5.32 Å². The first kappa shape index (κ1) is 22.2. The average Bonchev–Trinajstić information content (AvgIpc) is 2.94. The Bertz CT molecular complexity index is 801. The van der Waals surface area contributed by atoms with E-state index < -0.39 is 10.0 Å². The predicted octanol–water partition coefficient (Wildman–Crippen LogP) is 2.76. The molecule has 0 unspecified atom stereocenters. The molecule has 3 rings (SSSR count). The maximum absolute atomic E-state index is 13.9. The first-order valence-corrected chi connectivity index (χ1v) is 12.3. The van der Waals surface area contributed by atoms with Gasteiger partial charge in [0, 0.05) is 32.2 Å². The van der Waals surface area contributed by atoms with E-state index in [0.29, 0.717) is 18.0 Å². The lowest BCUT2D eigenvalue weighted by molar-refractivity contribution is -0.132. The molecule has 6 nitrogen and oxygen atoms in total. The van der Waals surface area contributed by atoms with Gasteiger partial charge in [0.1, 0.15) is 0 Å². The SMILES string of the molecule is Cc1cc(C)c(S(=O)(=O)N(CC(=O)N2CCNCC2)C2CCCCCC2)c(C)c1. The van der Waals surface area contributed by atoms with Crippen LogP contribution in [-0.2, 0) is 14.8 Å². The fraction of sp³-hybridized carbons (Fsp3) is 0.682. The Morgan fingerprint density at radius 1 is 1.03 bits per heavy atom. The molecule has 0 bridgehead atoms. The number of carbonyl (C=O) groups is 1. The second-order valence-corrected chi connectivity index (χ2v) is 10.4. The highest BCUT2D eigenvalue weighted by Crippen LogP contribution is 2.31. The van der Waals surface area contributed by atoms with E-state index in [0.717, 1.165) is 68.3 Å². The van der Waals surface area contributed by atoms with Gasteiger partial charge < -0.3 is 10.2 Å². The third-order valence-electron chi connectivity index (χ3n) is 6.16. The van der Waals surface area contributed by atoms with Crippen LogP contribution in [0.5, 0.6) is 0 Å². The molecular formula is C22H35N3O3S. The fourth-order valence-electron chi connectivity index (χ4n) is 4.79. The lowest BCUT2D eigenvalue weighted by atomic mass is 10.1. The third kappa shape index (κ3) is 5.19. The molecule has 0 spiro atoms. The van der Waals surface area contributed by atoms with Crippen molar-refractivity contribution in [1.82, 2.24) is 14.5 Å². The molecule has 2 aliphatic rings. The summed E-state index contributed by atoms with van der Waals surface area (Å²) in [6, 6.07) is 3.74. The second-order valence-electron chi connectivity index (χ2n) is 8.55. The molecule has 29 heavy (non-hydrogen) atoms. The summed E-state index contributed by atoms with van der Waals surface area (Å²) >= 11 is 0. The van der Waals surface area contributed by atoms with E-state index in [1.54, 1.807) is 4.90 Å². The number of nitrogens with one attached hydrogen (secondary N) is 1. The van der Waals surface area contributed by atoms with Crippen LogP contribution in [0.25, 0.3) is 0 Å². The highest BCUT2D eigenvalue weighted by molar-refractivity contribution is 7.89. The zero-order valence-corrected chi connectivity index (χ0v) is 18.9. The van der Waals surface area contributed by atoms with Crippen molar-refractivity contribution in [2.75, 3.05) is 32.7 Å². The second kappa shape index (κ2) is 9.58. The van der Waals surface area contributed by atoms with E-state index in [-0.39, 0.29) is 18.5 Å². The minimum atomic E-state index is -3.76. The van der Waals surface area contributed by atoms with Crippen LogP contribution >= 0.6 is 0 Å². The number of nitrogens with zero attached hydrogens (tertiary/aromatic N) is 2. The van der Waals surface area contributed by atoms with Crippen molar-refractivity contribution < 1.29 is 13.2 Å². The molecule has 1 N–H and O–H groups in total. The van der Waals surface area contributed by atoms with Crippen LogP contribution in [0.4, 0.5) is 0 Å². The fourth-order valence-corrected chi connectivity index (χ4v) is 6.84. The minimum Gasteiger partial charge on any atom is -0.339 e. The quantitative estimate of drug-likeness (QED) is 0.742. The number of rotatable bonds is 5. The van der Waals surface area contributed by atoms with Gasteiger partial charge in [0.15, 0.2) is 0 Å². The summed E-state index contributed by atoms with van der Waals surface area (Å²) in [4.78, 5) is 15.2. The molecule has 0 aromatic heterocycles.